The van der Waals surface area contributed by atoms with Crippen LogP contribution in [-0.2, 0) is 0 Å². The molecule has 2 N–H and O–H groups in total. The Morgan fingerprint density at radius 2 is 2.12 bits per heavy atom. The zero-order valence-corrected chi connectivity index (χ0v) is 9.89. The minimum atomic E-state index is -0.127. The van der Waals surface area contributed by atoms with Crippen LogP contribution in [0.2, 0.25) is 0 Å². The van der Waals surface area contributed by atoms with E-state index in [9.17, 15) is 4.79 Å². The number of carbonyl (C=O) groups is 1. The van der Waals surface area contributed by atoms with E-state index in [2.05, 4.69) is 20.1 Å². The first-order valence-electron chi connectivity index (χ1n) is 5.72. The fourth-order valence-electron chi connectivity index (χ4n) is 1.90. The van der Waals surface area contributed by atoms with Crippen molar-refractivity contribution in [3.63, 3.8) is 0 Å². The molecule has 1 amide bonds. The Bertz CT molecular complexity index is 384. The molecule has 1 aliphatic rings. The monoisotopic (exact) mass is 239 g/mol. The van der Waals surface area contributed by atoms with Gasteiger partial charge in [0.1, 0.15) is 5.82 Å². The molecule has 0 aromatic carbocycles. The average molecular weight is 239 g/mol. The predicted octanol–water partition coefficient (Wildman–Crippen LogP) is -1.14. The molecule has 2 heterocycles. The summed E-state index contributed by atoms with van der Waals surface area (Å²) in [5, 5.41) is 15.4. The predicted molar refractivity (Wildman–Crippen MR) is 60.5 cm³/mol. The second-order valence-electron chi connectivity index (χ2n) is 4.10. The number of carbonyl (C=O) groups excluding carboxylic acids is 1. The van der Waals surface area contributed by atoms with Crippen LogP contribution in [0, 0.1) is 6.92 Å². The van der Waals surface area contributed by atoms with Gasteiger partial charge < -0.3 is 10.0 Å². The number of H-pyrrole nitrogens is 1. The van der Waals surface area contributed by atoms with Gasteiger partial charge in [-0.1, -0.05) is 0 Å². The number of aliphatic hydroxyl groups is 1. The highest BCUT2D eigenvalue weighted by atomic mass is 16.3. The molecule has 1 saturated heterocycles. The summed E-state index contributed by atoms with van der Waals surface area (Å²) in [5.41, 5.74) is 0. The van der Waals surface area contributed by atoms with E-state index in [1.54, 1.807) is 11.8 Å². The summed E-state index contributed by atoms with van der Waals surface area (Å²) in [5.74, 6) is 0.753. The number of nitrogens with zero attached hydrogens (tertiary/aromatic N) is 4. The number of aromatic amines is 1. The Balaban J connectivity index is 1.90. The molecule has 0 unspecified atom stereocenters. The van der Waals surface area contributed by atoms with Gasteiger partial charge in [0, 0.05) is 32.7 Å². The lowest BCUT2D eigenvalue weighted by Crippen LogP contribution is -2.49. The van der Waals surface area contributed by atoms with Crippen LogP contribution in [0.4, 0.5) is 0 Å². The Kier molecular flexibility index (Phi) is 3.70. The van der Waals surface area contributed by atoms with E-state index in [0.717, 1.165) is 13.1 Å². The van der Waals surface area contributed by atoms with Crippen molar-refractivity contribution in [1.82, 2.24) is 25.0 Å². The average Bonchev–Trinajstić information content (AvgIpc) is 2.76. The molecule has 17 heavy (non-hydrogen) atoms. The lowest BCUT2D eigenvalue weighted by atomic mass is 10.3. The van der Waals surface area contributed by atoms with Crippen LogP contribution in [0.3, 0.4) is 0 Å². The van der Waals surface area contributed by atoms with Gasteiger partial charge in [0.15, 0.2) is 0 Å². The van der Waals surface area contributed by atoms with E-state index < -0.39 is 0 Å². The lowest BCUT2D eigenvalue weighted by Gasteiger charge is -2.33. The van der Waals surface area contributed by atoms with Gasteiger partial charge in [-0.2, -0.15) is 0 Å². The van der Waals surface area contributed by atoms with Crippen molar-refractivity contribution in [3.05, 3.63) is 11.6 Å². The van der Waals surface area contributed by atoms with Crippen molar-refractivity contribution >= 4 is 5.91 Å². The van der Waals surface area contributed by atoms with Crippen molar-refractivity contribution < 1.29 is 9.90 Å². The second kappa shape index (κ2) is 5.24. The molecule has 1 aromatic heterocycles. The molecule has 0 saturated carbocycles. The van der Waals surface area contributed by atoms with Gasteiger partial charge in [-0.3, -0.25) is 14.8 Å². The minimum absolute atomic E-state index is 0.127. The van der Waals surface area contributed by atoms with Gasteiger partial charge in [-0.15, -0.1) is 5.10 Å². The number of amides is 1. The molecule has 1 aliphatic heterocycles. The molecule has 94 valence electrons. The largest absolute Gasteiger partial charge is 0.395 e. The van der Waals surface area contributed by atoms with Crippen LogP contribution in [0.1, 0.15) is 16.4 Å². The fraction of sp³-hybridized carbons (Fsp3) is 0.700. The van der Waals surface area contributed by atoms with Gasteiger partial charge in [0.2, 0.25) is 5.82 Å². The number of aliphatic hydroxyl groups excluding tert-OH is 1. The molecular formula is C10H17N5O2. The lowest BCUT2D eigenvalue weighted by molar-refractivity contribution is 0.0603. The van der Waals surface area contributed by atoms with E-state index in [1.807, 2.05) is 0 Å². The van der Waals surface area contributed by atoms with Crippen molar-refractivity contribution in [1.29, 1.82) is 0 Å². The van der Waals surface area contributed by atoms with Crippen LogP contribution in [-0.4, -0.2) is 75.3 Å². The van der Waals surface area contributed by atoms with Gasteiger partial charge in [-0.05, 0) is 6.92 Å². The maximum absolute atomic E-state index is 12.0. The number of aromatic nitrogens is 3. The molecule has 2 rings (SSSR count). The molecule has 1 aromatic rings. The quantitative estimate of drug-likeness (QED) is 0.696. The summed E-state index contributed by atoms with van der Waals surface area (Å²) in [6, 6.07) is 0. The molecule has 0 aliphatic carbocycles. The normalized spacial score (nSPS) is 17.4. The van der Waals surface area contributed by atoms with Crippen LogP contribution in [0.25, 0.3) is 0 Å². The Hall–Kier alpha value is -1.47. The minimum Gasteiger partial charge on any atom is -0.395 e. The van der Waals surface area contributed by atoms with E-state index in [1.165, 1.54) is 0 Å². The van der Waals surface area contributed by atoms with Crippen molar-refractivity contribution in [2.24, 2.45) is 0 Å². The maximum atomic E-state index is 12.0. The summed E-state index contributed by atoms with van der Waals surface area (Å²) in [6.45, 7) is 5.49. The number of nitrogens with one attached hydrogen (secondary N) is 1. The standard InChI is InChI=1S/C10H17N5O2/c1-8-11-9(13-12-8)10(17)15-4-2-14(3-5-15)6-7-16/h16H,2-7H2,1H3,(H,11,12,13). The van der Waals surface area contributed by atoms with Crippen LogP contribution in [0.15, 0.2) is 0 Å². The molecule has 7 nitrogen and oxygen atoms in total. The van der Waals surface area contributed by atoms with Gasteiger partial charge in [-0.25, -0.2) is 4.98 Å². The summed E-state index contributed by atoms with van der Waals surface area (Å²) >= 11 is 0. The highest BCUT2D eigenvalue weighted by molar-refractivity contribution is 5.90. The maximum Gasteiger partial charge on any atom is 0.293 e. The van der Waals surface area contributed by atoms with Crippen LogP contribution >= 0.6 is 0 Å². The van der Waals surface area contributed by atoms with Crippen molar-refractivity contribution in [2.75, 3.05) is 39.3 Å². The number of hydrogen-bond donors (Lipinski definition) is 2. The topological polar surface area (TPSA) is 85.3 Å². The molecular weight excluding hydrogens is 222 g/mol. The number of rotatable bonds is 3. The smallest absolute Gasteiger partial charge is 0.293 e. The molecule has 0 bridgehead atoms. The van der Waals surface area contributed by atoms with Crippen LogP contribution < -0.4 is 0 Å². The number of β-amino-alcohol motifs (C(OH)–C–C–N with tert-alkyl or cyclic N) is 1. The number of piperazine rings is 1. The van der Waals surface area contributed by atoms with Gasteiger partial charge in [0.25, 0.3) is 5.91 Å². The van der Waals surface area contributed by atoms with Gasteiger partial charge >= 0.3 is 0 Å². The third kappa shape index (κ3) is 2.80. The zero-order valence-electron chi connectivity index (χ0n) is 9.89. The Morgan fingerprint density at radius 1 is 1.41 bits per heavy atom. The van der Waals surface area contributed by atoms with E-state index in [0.29, 0.717) is 25.5 Å². The van der Waals surface area contributed by atoms with E-state index in [-0.39, 0.29) is 18.3 Å². The SMILES string of the molecule is Cc1nc(C(=O)N2CCN(CCO)CC2)n[nH]1. The highest BCUT2D eigenvalue weighted by Gasteiger charge is 2.24. The van der Waals surface area contributed by atoms with E-state index in [4.69, 9.17) is 5.11 Å². The molecule has 1 fully saturated rings. The summed E-state index contributed by atoms with van der Waals surface area (Å²) < 4.78 is 0. The molecule has 0 atom stereocenters. The first-order valence-corrected chi connectivity index (χ1v) is 5.72. The fourth-order valence-corrected chi connectivity index (χ4v) is 1.90. The third-order valence-corrected chi connectivity index (χ3v) is 2.86. The molecule has 7 heteroatoms. The number of aryl methyl sites for hydroxylation is 1. The molecule has 0 spiro atoms. The van der Waals surface area contributed by atoms with E-state index >= 15 is 0 Å². The highest BCUT2D eigenvalue weighted by Crippen LogP contribution is 2.05. The first kappa shape index (κ1) is 12.0. The van der Waals surface area contributed by atoms with Crippen molar-refractivity contribution in [2.45, 2.75) is 6.92 Å². The van der Waals surface area contributed by atoms with Gasteiger partial charge in [0.05, 0.1) is 6.61 Å². The Labute approximate surface area is 99.4 Å². The second-order valence-corrected chi connectivity index (χ2v) is 4.10. The zero-order chi connectivity index (χ0) is 12.3. The Morgan fingerprint density at radius 3 is 2.65 bits per heavy atom. The van der Waals surface area contributed by atoms with Crippen LogP contribution in [0.5, 0.6) is 0 Å². The first-order chi connectivity index (χ1) is 8.20. The van der Waals surface area contributed by atoms with Crippen molar-refractivity contribution in [3.8, 4) is 0 Å². The summed E-state index contributed by atoms with van der Waals surface area (Å²) in [6.07, 6.45) is 0. The number of hydrogen-bond acceptors (Lipinski definition) is 5. The molecule has 0 radical (unpaired) electrons. The summed E-state index contributed by atoms with van der Waals surface area (Å²) in [4.78, 5) is 19.9. The third-order valence-electron chi connectivity index (χ3n) is 2.86. The summed E-state index contributed by atoms with van der Waals surface area (Å²) in [7, 11) is 0.